The molecule has 0 spiro atoms. The molecular weight excluding hydrogens is 250 g/mol. The zero-order valence-electron chi connectivity index (χ0n) is 10.6. The van der Waals surface area contributed by atoms with E-state index >= 15 is 0 Å². The number of halogens is 1. The van der Waals surface area contributed by atoms with Crippen molar-refractivity contribution in [3.8, 4) is 11.5 Å². The summed E-state index contributed by atoms with van der Waals surface area (Å²) in [5.41, 5.74) is 7.75. The van der Waals surface area contributed by atoms with Gasteiger partial charge in [-0.05, 0) is 30.5 Å². The van der Waals surface area contributed by atoms with Crippen LogP contribution in [-0.4, -0.2) is 10.1 Å². The number of nitrogens with zero attached hydrogens (tertiary/aromatic N) is 2. The Morgan fingerprint density at radius 2 is 2.06 bits per heavy atom. The van der Waals surface area contributed by atoms with Crippen molar-refractivity contribution in [2.24, 2.45) is 11.7 Å². The fourth-order valence-electron chi connectivity index (χ4n) is 1.62. The monoisotopic (exact) mass is 265 g/mol. The summed E-state index contributed by atoms with van der Waals surface area (Å²) < 4.78 is 5.26. The molecule has 1 aromatic heterocycles. The number of hydrogen-bond acceptors (Lipinski definition) is 4. The molecule has 0 amide bonds. The number of benzene rings is 1. The highest BCUT2D eigenvalue weighted by Crippen LogP contribution is 2.28. The largest absolute Gasteiger partial charge is 0.334 e. The van der Waals surface area contributed by atoms with Gasteiger partial charge in [-0.1, -0.05) is 36.7 Å². The highest BCUT2D eigenvalue weighted by molar-refractivity contribution is 6.31. The Labute approximate surface area is 111 Å². The van der Waals surface area contributed by atoms with Gasteiger partial charge in [0.15, 0.2) is 5.82 Å². The molecular formula is C13H16ClN3O. The number of hydrogen-bond donors (Lipinski definition) is 1. The molecule has 0 radical (unpaired) electrons. The molecule has 2 rings (SSSR count). The Morgan fingerprint density at radius 1 is 1.33 bits per heavy atom. The third-order valence-electron chi connectivity index (χ3n) is 2.96. The maximum atomic E-state index is 6.07. The van der Waals surface area contributed by atoms with Crippen LogP contribution in [0, 0.1) is 12.8 Å². The topological polar surface area (TPSA) is 64.9 Å². The summed E-state index contributed by atoms with van der Waals surface area (Å²) in [6, 6.07) is 5.37. The molecule has 0 bridgehead atoms. The van der Waals surface area contributed by atoms with Gasteiger partial charge >= 0.3 is 0 Å². The van der Waals surface area contributed by atoms with Crippen molar-refractivity contribution in [3.05, 3.63) is 34.6 Å². The fourth-order valence-corrected chi connectivity index (χ4v) is 1.79. The molecule has 96 valence electrons. The normalized spacial score (nSPS) is 13.0. The first-order valence-corrected chi connectivity index (χ1v) is 6.23. The van der Waals surface area contributed by atoms with Gasteiger partial charge in [-0.15, -0.1) is 0 Å². The van der Waals surface area contributed by atoms with E-state index in [1.54, 1.807) is 0 Å². The molecule has 0 aliphatic carbocycles. The predicted octanol–water partition coefficient (Wildman–Crippen LogP) is 3.35. The zero-order valence-corrected chi connectivity index (χ0v) is 11.4. The quantitative estimate of drug-likeness (QED) is 0.924. The lowest BCUT2D eigenvalue weighted by molar-refractivity contribution is 0.400. The third-order valence-corrected chi connectivity index (χ3v) is 3.37. The highest BCUT2D eigenvalue weighted by atomic mass is 35.5. The van der Waals surface area contributed by atoms with Crippen molar-refractivity contribution in [2.75, 3.05) is 0 Å². The first-order valence-electron chi connectivity index (χ1n) is 5.85. The predicted molar refractivity (Wildman–Crippen MR) is 71.2 cm³/mol. The van der Waals surface area contributed by atoms with Crippen LogP contribution in [0.5, 0.6) is 0 Å². The lowest BCUT2D eigenvalue weighted by Crippen LogP contribution is -2.18. The summed E-state index contributed by atoms with van der Waals surface area (Å²) in [4.78, 5) is 4.34. The Bertz CT molecular complexity index is 551. The standard InChI is InChI=1S/C13H16ClN3O/c1-7(2)11(15)12-16-13(18-17-12)9-5-4-6-10(14)8(9)3/h4-7,11H,15H2,1-3H3. The van der Waals surface area contributed by atoms with Crippen LogP contribution in [-0.2, 0) is 0 Å². The SMILES string of the molecule is Cc1c(Cl)cccc1-c1nc(C(N)C(C)C)no1. The highest BCUT2D eigenvalue weighted by Gasteiger charge is 2.19. The van der Waals surface area contributed by atoms with Gasteiger partial charge in [-0.3, -0.25) is 0 Å². The van der Waals surface area contributed by atoms with Gasteiger partial charge in [0.2, 0.25) is 0 Å². The smallest absolute Gasteiger partial charge is 0.258 e. The van der Waals surface area contributed by atoms with Gasteiger partial charge in [-0.2, -0.15) is 4.98 Å². The molecule has 0 aliphatic heterocycles. The van der Waals surface area contributed by atoms with Crippen molar-refractivity contribution in [1.82, 2.24) is 10.1 Å². The van der Waals surface area contributed by atoms with E-state index in [9.17, 15) is 0 Å². The van der Waals surface area contributed by atoms with E-state index in [0.29, 0.717) is 16.7 Å². The average Bonchev–Trinajstić information content (AvgIpc) is 2.80. The Kier molecular flexibility index (Phi) is 3.68. The number of nitrogens with two attached hydrogens (primary N) is 1. The van der Waals surface area contributed by atoms with E-state index in [1.165, 1.54) is 0 Å². The van der Waals surface area contributed by atoms with Gasteiger partial charge < -0.3 is 10.3 Å². The van der Waals surface area contributed by atoms with Gasteiger partial charge in [0.1, 0.15) is 0 Å². The molecule has 0 saturated carbocycles. The molecule has 2 aromatic rings. The molecule has 2 N–H and O–H groups in total. The van der Waals surface area contributed by atoms with E-state index in [1.807, 2.05) is 39.0 Å². The van der Waals surface area contributed by atoms with Crippen LogP contribution in [0.25, 0.3) is 11.5 Å². The van der Waals surface area contributed by atoms with Crippen LogP contribution >= 0.6 is 11.6 Å². The second-order valence-electron chi connectivity index (χ2n) is 4.64. The molecule has 18 heavy (non-hydrogen) atoms. The van der Waals surface area contributed by atoms with Gasteiger partial charge in [0, 0.05) is 10.6 Å². The van der Waals surface area contributed by atoms with Gasteiger partial charge in [-0.25, -0.2) is 0 Å². The summed E-state index contributed by atoms with van der Waals surface area (Å²) in [7, 11) is 0. The van der Waals surface area contributed by atoms with Gasteiger partial charge in [0.25, 0.3) is 5.89 Å². The number of aromatic nitrogens is 2. The average molecular weight is 266 g/mol. The summed E-state index contributed by atoms with van der Waals surface area (Å²) >= 11 is 6.07. The molecule has 0 aliphatic rings. The maximum Gasteiger partial charge on any atom is 0.258 e. The first-order chi connectivity index (χ1) is 8.50. The maximum absolute atomic E-state index is 6.07. The van der Waals surface area contributed by atoms with Crippen LogP contribution in [0.15, 0.2) is 22.7 Å². The minimum Gasteiger partial charge on any atom is -0.334 e. The van der Waals surface area contributed by atoms with Crippen LogP contribution < -0.4 is 5.73 Å². The minimum atomic E-state index is -0.220. The van der Waals surface area contributed by atoms with Crippen LogP contribution in [0.2, 0.25) is 5.02 Å². The third kappa shape index (κ3) is 2.40. The lowest BCUT2D eigenvalue weighted by atomic mass is 10.1. The van der Waals surface area contributed by atoms with E-state index in [0.717, 1.165) is 11.1 Å². The molecule has 5 heteroatoms. The molecule has 1 atom stereocenters. The second-order valence-corrected chi connectivity index (χ2v) is 5.05. The molecule has 0 saturated heterocycles. The van der Waals surface area contributed by atoms with Crippen LogP contribution in [0.4, 0.5) is 0 Å². The fraction of sp³-hybridized carbons (Fsp3) is 0.385. The van der Waals surface area contributed by atoms with Crippen molar-refractivity contribution in [3.63, 3.8) is 0 Å². The minimum absolute atomic E-state index is 0.220. The van der Waals surface area contributed by atoms with E-state index in [-0.39, 0.29) is 12.0 Å². The molecule has 1 unspecified atom stereocenters. The summed E-state index contributed by atoms with van der Waals surface area (Å²) in [5.74, 6) is 1.25. The van der Waals surface area contributed by atoms with Crippen LogP contribution in [0.3, 0.4) is 0 Å². The lowest BCUT2D eigenvalue weighted by Gasteiger charge is -2.09. The van der Waals surface area contributed by atoms with E-state index in [2.05, 4.69) is 10.1 Å². The van der Waals surface area contributed by atoms with Crippen LogP contribution in [0.1, 0.15) is 31.3 Å². The van der Waals surface area contributed by atoms with Gasteiger partial charge in [0.05, 0.1) is 6.04 Å². The Hall–Kier alpha value is -1.39. The molecule has 4 nitrogen and oxygen atoms in total. The van der Waals surface area contributed by atoms with Crippen molar-refractivity contribution < 1.29 is 4.52 Å². The summed E-state index contributed by atoms with van der Waals surface area (Å²) in [6.07, 6.45) is 0. The van der Waals surface area contributed by atoms with Crippen molar-refractivity contribution in [2.45, 2.75) is 26.8 Å². The first kappa shape index (κ1) is 13.1. The number of rotatable bonds is 3. The Morgan fingerprint density at radius 3 is 2.72 bits per heavy atom. The summed E-state index contributed by atoms with van der Waals surface area (Å²) in [6.45, 7) is 5.96. The van der Waals surface area contributed by atoms with E-state index in [4.69, 9.17) is 21.9 Å². The second kappa shape index (κ2) is 5.08. The van der Waals surface area contributed by atoms with Crippen molar-refractivity contribution in [1.29, 1.82) is 0 Å². The molecule has 0 fully saturated rings. The molecule has 1 aromatic carbocycles. The van der Waals surface area contributed by atoms with Crippen molar-refractivity contribution >= 4 is 11.6 Å². The Balaban J connectivity index is 2.38. The summed E-state index contributed by atoms with van der Waals surface area (Å²) in [5, 5.41) is 4.61. The zero-order chi connectivity index (χ0) is 13.3. The molecule has 1 heterocycles. The van der Waals surface area contributed by atoms with E-state index < -0.39 is 0 Å².